The highest BCUT2D eigenvalue weighted by molar-refractivity contribution is 6.32. The average molecular weight is 299 g/mol. The molecule has 6 heteroatoms. The number of nitrogens with zero attached hydrogens (tertiary/aromatic N) is 3. The van der Waals surface area contributed by atoms with Crippen molar-refractivity contribution in [3.63, 3.8) is 0 Å². The van der Waals surface area contributed by atoms with Crippen LogP contribution in [0.25, 0.3) is 11.7 Å². The van der Waals surface area contributed by atoms with Crippen molar-refractivity contribution in [2.24, 2.45) is 0 Å². The normalized spacial score (nSPS) is 11.1. The molecule has 3 aromatic rings. The minimum absolute atomic E-state index is 0.258. The van der Waals surface area contributed by atoms with Crippen LogP contribution in [-0.2, 0) is 4.79 Å². The van der Waals surface area contributed by atoms with E-state index in [4.69, 9.17) is 11.6 Å². The van der Waals surface area contributed by atoms with Crippen molar-refractivity contribution in [1.82, 2.24) is 14.4 Å². The molecule has 0 saturated heterocycles. The molecule has 3 heterocycles. The summed E-state index contributed by atoms with van der Waals surface area (Å²) < 4.78 is 1.89. The third-order valence-electron chi connectivity index (χ3n) is 2.87. The average Bonchev–Trinajstić information content (AvgIpc) is 2.91. The molecular formula is C15H11ClN4O. The molecule has 0 saturated carbocycles. The van der Waals surface area contributed by atoms with Crippen LogP contribution in [0.2, 0.25) is 5.15 Å². The summed E-state index contributed by atoms with van der Waals surface area (Å²) in [5.41, 5.74) is 2.12. The number of amides is 1. The SMILES string of the molecule is O=C(/C=C/c1cnc2ccccn12)Nc1cccnc1Cl. The first kappa shape index (κ1) is 13.3. The molecule has 0 fully saturated rings. The van der Waals surface area contributed by atoms with E-state index in [-0.39, 0.29) is 11.1 Å². The number of halogens is 1. The van der Waals surface area contributed by atoms with Gasteiger partial charge in [0.25, 0.3) is 0 Å². The number of imidazole rings is 1. The monoisotopic (exact) mass is 298 g/mol. The fourth-order valence-corrected chi connectivity index (χ4v) is 2.06. The lowest BCUT2D eigenvalue weighted by atomic mass is 10.3. The van der Waals surface area contributed by atoms with Crippen molar-refractivity contribution in [3.05, 3.63) is 65.8 Å². The van der Waals surface area contributed by atoms with Crippen LogP contribution >= 0.6 is 11.6 Å². The number of carbonyl (C=O) groups excluding carboxylic acids is 1. The molecule has 0 bridgehead atoms. The molecule has 0 unspecified atom stereocenters. The highest BCUT2D eigenvalue weighted by atomic mass is 35.5. The summed E-state index contributed by atoms with van der Waals surface area (Å²) in [6.07, 6.45) is 8.28. The van der Waals surface area contributed by atoms with Crippen LogP contribution in [-0.4, -0.2) is 20.3 Å². The zero-order valence-corrected chi connectivity index (χ0v) is 11.7. The maximum absolute atomic E-state index is 11.9. The summed E-state index contributed by atoms with van der Waals surface area (Å²) in [4.78, 5) is 20.0. The molecule has 104 valence electrons. The lowest BCUT2D eigenvalue weighted by Crippen LogP contribution is -2.08. The van der Waals surface area contributed by atoms with Crippen molar-refractivity contribution < 1.29 is 4.79 Å². The topological polar surface area (TPSA) is 59.3 Å². The third kappa shape index (κ3) is 2.93. The lowest BCUT2D eigenvalue weighted by molar-refractivity contribution is -0.111. The highest BCUT2D eigenvalue weighted by Crippen LogP contribution is 2.17. The Morgan fingerprint density at radius 1 is 1.24 bits per heavy atom. The fourth-order valence-electron chi connectivity index (χ4n) is 1.89. The molecule has 1 amide bonds. The summed E-state index contributed by atoms with van der Waals surface area (Å²) in [5, 5.41) is 2.93. The van der Waals surface area contributed by atoms with Gasteiger partial charge in [0.05, 0.1) is 17.6 Å². The van der Waals surface area contributed by atoms with Gasteiger partial charge in [-0.05, 0) is 30.3 Å². The standard InChI is InChI=1S/C15H11ClN4O/c16-15-12(4-3-8-17-15)19-14(21)7-6-11-10-18-13-5-1-2-9-20(11)13/h1-10H,(H,19,21)/b7-6+. The second-order valence-corrected chi connectivity index (χ2v) is 4.63. The van der Waals surface area contributed by atoms with Gasteiger partial charge in [0.2, 0.25) is 5.91 Å². The Balaban J connectivity index is 1.77. The van der Waals surface area contributed by atoms with E-state index in [0.717, 1.165) is 11.3 Å². The van der Waals surface area contributed by atoms with Crippen LogP contribution in [0.4, 0.5) is 5.69 Å². The highest BCUT2D eigenvalue weighted by Gasteiger charge is 2.04. The number of pyridine rings is 2. The first-order valence-corrected chi connectivity index (χ1v) is 6.63. The van der Waals surface area contributed by atoms with Gasteiger partial charge in [0.1, 0.15) is 5.65 Å². The summed E-state index contributed by atoms with van der Waals surface area (Å²) in [6, 6.07) is 9.10. The number of aromatic nitrogens is 3. The predicted octanol–water partition coefficient (Wildman–Crippen LogP) is 3.03. The maximum Gasteiger partial charge on any atom is 0.248 e. The summed E-state index contributed by atoms with van der Waals surface area (Å²) in [7, 11) is 0. The molecule has 1 N–H and O–H groups in total. The summed E-state index contributed by atoms with van der Waals surface area (Å²) >= 11 is 5.88. The van der Waals surface area contributed by atoms with E-state index in [1.807, 2.05) is 28.8 Å². The van der Waals surface area contributed by atoms with Gasteiger partial charge in [0.15, 0.2) is 5.15 Å². The van der Waals surface area contributed by atoms with Crippen LogP contribution in [0.3, 0.4) is 0 Å². The van der Waals surface area contributed by atoms with E-state index >= 15 is 0 Å². The van der Waals surface area contributed by atoms with Crippen molar-refractivity contribution in [3.8, 4) is 0 Å². The number of anilines is 1. The van der Waals surface area contributed by atoms with E-state index in [1.54, 1.807) is 30.6 Å². The lowest BCUT2D eigenvalue weighted by Gasteiger charge is -2.02. The van der Waals surface area contributed by atoms with E-state index in [9.17, 15) is 4.79 Å². The molecule has 5 nitrogen and oxygen atoms in total. The number of rotatable bonds is 3. The number of nitrogens with one attached hydrogen (secondary N) is 1. The van der Waals surface area contributed by atoms with E-state index in [2.05, 4.69) is 15.3 Å². The van der Waals surface area contributed by atoms with Gasteiger partial charge >= 0.3 is 0 Å². The first-order chi connectivity index (χ1) is 10.2. The Morgan fingerprint density at radius 3 is 3.00 bits per heavy atom. The molecule has 21 heavy (non-hydrogen) atoms. The van der Waals surface area contributed by atoms with Gasteiger partial charge < -0.3 is 9.72 Å². The quantitative estimate of drug-likeness (QED) is 0.597. The Morgan fingerprint density at radius 2 is 2.14 bits per heavy atom. The fraction of sp³-hybridized carbons (Fsp3) is 0. The van der Waals surface area contributed by atoms with Crippen molar-refractivity contribution in [2.75, 3.05) is 5.32 Å². The van der Waals surface area contributed by atoms with Gasteiger partial charge in [-0.3, -0.25) is 4.79 Å². The molecule has 3 rings (SSSR count). The molecule has 0 radical (unpaired) electrons. The molecular weight excluding hydrogens is 288 g/mol. The Kier molecular flexibility index (Phi) is 3.66. The second kappa shape index (κ2) is 5.76. The second-order valence-electron chi connectivity index (χ2n) is 4.28. The molecule has 3 aromatic heterocycles. The predicted molar refractivity (Wildman–Crippen MR) is 82.1 cm³/mol. The van der Waals surface area contributed by atoms with Gasteiger partial charge in [-0.25, -0.2) is 9.97 Å². The molecule has 0 aromatic carbocycles. The minimum Gasteiger partial charge on any atom is -0.320 e. The number of hydrogen-bond acceptors (Lipinski definition) is 3. The summed E-state index contributed by atoms with van der Waals surface area (Å²) in [5.74, 6) is -0.282. The molecule has 0 aliphatic carbocycles. The van der Waals surface area contributed by atoms with Crippen LogP contribution in [0, 0.1) is 0 Å². The summed E-state index contributed by atoms with van der Waals surface area (Å²) in [6.45, 7) is 0. The minimum atomic E-state index is -0.282. The zero-order chi connectivity index (χ0) is 14.7. The largest absolute Gasteiger partial charge is 0.320 e. The zero-order valence-electron chi connectivity index (χ0n) is 10.9. The van der Waals surface area contributed by atoms with Gasteiger partial charge in [-0.2, -0.15) is 0 Å². The Labute approximate surface area is 125 Å². The number of carbonyl (C=O) groups is 1. The van der Waals surface area contributed by atoms with E-state index in [1.165, 1.54) is 6.08 Å². The first-order valence-electron chi connectivity index (χ1n) is 6.26. The molecule has 0 spiro atoms. The van der Waals surface area contributed by atoms with Crippen molar-refractivity contribution in [2.45, 2.75) is 0 Å². The maximum atomic E-state index is 11.9. The smallest absolute Gasteiger partial charge is 0.248 e. The van der Waals surface area contributed by atoms with E-state index in [0.29, 0.717) is 5.69 Å². The van der Waals surface area contributed by atoms with Crippen LogP contribution in [0.5, 0.6) is 0 Å². The Bertz CT molecular complexity index is 825. The number of hydrogen-bond donors (Lipinski definition) is 1. The number of fused-ring (bicyclic) bond motifs is 1. The van der Waals surface area contributed by atoms with Crippen LogP contribution in [0.1, 0.15) is 5.69 Å². The van der Waals surface area contributed by atoms with E-state index < -0.39 is 0 Å². The van der Waals surface area contributed by atoms with Gasteiger partial charge in [-0.15, -0.1) is 0 Å². The molecule has 0 aliphatic rings. The Hall–Kier alpha value is -2.66. The van der Waals surface area contributed by atoms with Gasteiger partial charge in [-0.1, -0.05) is 17.7 Å². The van der Waals surface area contributed by atoms with Crippen LogP contribution < -0.4 is 5.32 Å². The molecule has 0 atom stereocenters. The third-order valence-corrected chi connectivity index (χ3v) is 3.17. The van der Waals surface area contributed by atoms with Crippen LogP contribution in [0.15, 0.2) is 55.0 Å². The molecule has 0 aliphatic heterocycles. The van der Waals surface area contributed by atoms with Crippen molar-refractivity contribution >= 4 is 34.9 Å². The van der Waals surface area contributed by atoms with Crippen molar-refractivity contribution in [1.29, 1.82) is 0 Å². The van der Waals surface area contributed by atoms with Gasteiger partial charge in [0, 0.05) is 18.5 Å².